The fourth-order valence-corrected chi connectivity index (χ4v) is 3.42. The monoisotopic (exact) mass is 277 g/mol. The molecule has 0 spiro atoms. The summed E-state index contributed by atoms with van der Waals surface area (Å²) in [6.07, 6.45) is 2.61. The molecule has 2 fully saturated rings. The quantitative estimate of drug-likeness (QED) is 0.918. The fourth-order valence-electron chi connectivity index (χ4n) is 3.42. The lowest BCUT2D eigenvalue weighted by atomic mass is 10.0. The topological polar surface area (TPSA) is 32.5 Å². The minimum atomic E-state index is -0.117. The fraction of sp³-hybridized carbons (Fsp3) is 0.625. The van der Waals surface area contributed by atoms with Crippen molar-refractivity contribution in [2.75, 3.05) is 26.2 Å². The molecule has 3 nitrogen and oxygen atoms in total. The Bertz CT molecular complexity index is 475. The lowest BCUT2D eigenvalue weighted by molar-refractivity contribution is 0.0985. The summed E-state index contributed by atoms with van der Waals surface area (Å²) in [5.41, 5.74) is 7.45. The maximum atomic E-state index is 14.1. The molecular weight excluding hydrogens is 253 g/mol. The van der Waals surface area contributed by atoms with Gasteiger partial charge in [-0.1, -0.05) is 12.1 Å². The second kappa shape index (κ2) is 5.80. The average Bonchev–Trinajstić information content (AvgIpc) is 2.88. The van der Waals surface area contributed by atoms with E-state index in [9.17, 15) is 4.39 Å². The number of benzene rings is 1. The number of hydrogen-bond donors (Lipinski definition) is 1. The minimum Gasteiger partial charge on any atom is -0.324 e. The maximum absolute atomic E-state index is 14.1. The largest absolute Gasteiger partial charge is 0.324 e. The minimum absolute atomic E-state index is 0.111. The Kier molecular flexibility index (Phi) is 4.06. The summed E-state index contributed by atoms with van der Waals surface area (Å²) in [6.45, 7) is 7.10. The smallest absolute Gasteiger partial charge is 0.128 e. The maximum Gasteiger partial charge on any atom is 0.128 e. The van der Waals surface area contributed by atoms with E-state index in [1.807, 2.05) is 19.1 Å². The molecule has 1 aromatic carbocycles. The van der Waals surface area contributed by atoms with Gasteiger partial charge in [0.05, 0.1) is 0 Å². The van der Waals surface area contributed by atoms with E-state index in [1.165, 1.54) is 19.4 Å². The third-order valence-electron chi connectivity index (χ3n) is 4.67. The highest BCUT2D eigenvalue weighted by molar-refractivity contribution is 5.26. The highest BCUT2D eigenvalue weighted by Gasteiger charge is 2.30. The van der Waals surface area contributed by atoms with E-state index < -0.39 is 0 Å². The van der Waals surface area contributed by atoms with Crippen LogP contribution in [0.5, 0.6) is 0 Å². The van der Waals surface area contributed by atoms with Gasteiger partial charge in [0.1, 0.15) is 5.82 Å². The Morgan fingerprint density at radius 3 is 2.95 bits per heavy atom. The van der Waals surface area contributed by atoms with Gasteiger partial charge in [-0.05, 0) is 37.9 Å². The van der Waals surface area contributed by atoms with Crippen LogP contribution in [-0.4, -0.2) is 42.0 Å². The molecule has 0 amide bonds. The van der Waals surface area contributed by atoms with Crippen LogP contribution in [-0.2, 0) is 6.54 Å². The van der Waals surface area contributed by atoms with E-state index in [-0.39, 0.29) is 11.9 Å². The summed E-state index contributed by atoms with van der Waals surface area (Å²) in [5.74, 6) is -0.117. The first-order chi connectivity index (χ1) is 9.63. The Hall–Kier alpha value is -0.970. The Morgan fingerprint density at radius 2 is 2.20 bits per heavy atom. The van der Waals surface area contributed by atoms with Crippen LogP contribution in [0, 0.1) is 5.82 Å². The van der Waals surface area contributed by atoms with Crippen LogP contribution >= 0.6 is 0 Å². The van der Waals surface area contributed by atoms with Crippen molar-refractivity contribution >= 4 is 0 Å². The van der Waals surface area contributed by atoms with E-state index in [4.69, 9.17) is 5.73 Å². The number of fused-ring (bicyclic) bond motifs is 1. The van der Waals surface area contributed by atoms with E-state index in [0.29, 0.717) is 6.04 Å². The molecule has 1 aromatic rings. The lowest BCUT2D eigenvalue weighted by Crippen LogP contribution is -2.49. The van der Waals surface area contributed by atoms with Gasteiger partial charge in [-0.25, -0.2) is 4.39 Å². The summed E-state index contributed by atoms with van der Waals surface area (Å²) in [7, 11) is 0. The molecule has 0 saturated carbocycles. The zero-order valence-corrected chi connectivity index (χ0v) is 12.2. The molecule has 0 radical (unpaired) electrons. The molecule has 2 atom stereocenters. The van der Waals surface area contributed by atoms with E-state index in [0.717, 1.165) is 37.3 Å². The molecule has 2 aliphatic rings. The number of halogens is 1. The van der Waals surface area contributed by atoms with Crippen LogP contribution in [0.4, 0.5) is 4.39 Å². The molecule has 2 aliphatic heterocycles. The predicted molar refractivity (Wildman–Crippen MR) is 78.9 cm³/mol. The van der Waals surface area contributed by atoms with Crippen molar-refractivity contribution in [1.82, 2.24) is 9.80 Å². The van der Waals surface area contributed by atoms with Crippen molar-refractivity contribution in [3.63, 3.8) is 0 Å². The van der Waals surface area contributed by atoms with Gasteiger partial charge in [0.15, 0.2) is 0 Å². The number of nitrogens with two attached hydrogens (primary N) is 1. The zero-order chi connectivity index (χ0) is 14.1. The molecule has 0 aliphatic carbocycles. The first-order valence-corrected chi connectivity index (χ1v) is 7.64. The molecule has 2 N–H and O–H groups in total. The van der Waals surface area contributed by atoms with E-state index >= 15 is 0 Å². The van der Waals surface area contributed by atoms with Crippen molar-refractivity contribution < 1.29 is 4.39 Å². The Morgan fingerprint density at radius 1 is 1.35 bits per heavy atom. The number of piperazine rings is 1. The van der Waals surface area contributed by atoms with Gasteiger partial charge >= 0.3 is 0 Å². The van der Waals surface area contributed by atoms with Gasteiger partial charge in [0.2, 0.25) is 0 Å². The third kappa shape index (κ3) is 2.87. The normalized spacial score (nSPS) is 25.6. The van der Waals surface area contributed by atoms with Crippen molar-refractivity contribution in [2.24, 2.45) is 5.73 Å². The van der Waals surface area contributed by atoms with Gasteiger partial charge < -0.3 is 5.73 Å². The molecule has 2 heterocycles. The molecule has 0 aromatic heterocycles. The van der Waals surface area contributed by atoms with Crippen molar-refractivity contribution in [3.05, 3.63) is 35.1 Å². The van der Waals surface area contributed by atoms with Crippen molar-refractivity contribution in [3.8, 4) is 0 Å². The summed E-state index contributed by atoms with van der Waals surface area (Å²) < 4.78 is 14.1. The van der Waals surface area contributed by atoms with E-state index in [2.05, 4.69) is 9.80 Å². The van der Waals surface area contributed by atoms with Crippen LogP contribution in [0.2, 0.25) is 0 Å². The molecule has 20 heavy (non-hydrogen) atoms. The number of hydrogen-bond acceptors (Lipinski definition) is 3. The van der Waals surface area contributed by atoms with Gasteiger partial charge in [-0.2, -0.15) is 0 Å². The van der Waals surface area contributed by atoms with Crippen LogP contribution < -0.4 is 5.73 Å². The van der Waals surface area contributed by atoms with Gasteiger partial charge in [0.25, 0.3) is 0 Å². The molecule has 1 unspecified atom stereocenters. The first kappa shape index (κ1) is 14.0. The molecule has 2 saturated heterocycles. The Balaban J connectivity index is 1.65. The second-order valence-corrected chi connectivity index (χ2v) is 6.21. The van der Waals surface area contributed by atoms with E-state index in [1.54, 1.807) is 6.07 Å². The number of rotatable bonds is 3. The van der Waals surface area contributed by atoms with Crippen molar-refractivity contribution in [1.29, 1.82) is 0 Å². The molecule has 3 rings (SSSR count). The first-order valence-electron chi connectivity index (χ1n) is 7.64. The summed E-state index contributed by atoms with van der Waals surface area (Å²) in [4.78, 5) is 4.96. The van der Waals surface area contributed by atoms with Crippen LogP contribution in [0.25, 0.3) is 0 Å². The van der Waals surface area contributed by atoms with Gasteiger partial charge in [0, 0.05) is 43.8 Å². The van der Waals surface area contributed by atoms with Crippen LogP contribution in [0.3, 0.4) is 0 Å². The summed E-state index contributed by atoms with van der Waals surface area (Å²) in [6, 6.07) is 6.02. The zero-order valence-electron chi connectivity index (χ0n) is 12.2. The highest BCUT2D eigenvalue weighted by atomic mass is 19.1. The standard InChI is InChI=1S/C16H24FN3/c1-12(18)13-4-5-14(16(17)9-13)10-19-7-8-20-6-2-3-15(20)11-19/h4-5,9,12,15H,2-3,6-8,10-11,18H2,1H3/t12-,15?/m0/s1. The number of nitrogens with zero attached hydrogens (tertiary/aromatic N) is 2. The Labute approximate surface area is 120 Å². The van der Waals surface area contributed by atoms with Crippen LogP contribution in [0.15, 0.2) is 18.2 Å². The van der Waals surface area contributed by atoms with Gasteiger partial charge in [-0.3, -0.25) is 9.80 Å². The molecule has 0 bridgehead atoms. The highest BCUT2D eigenvalue weighted by Crippen LogP contribution is 2.23. The summed E-state index contributed by atoms with van der Waals surface area (Å²) in [5, 5.41) is 0. The lowest BCUT2D eigenvalue weighted by Gasteiger charge is -2.37. The summed E-state index contributed by atoms with van der Waals surface area (Å²) >= 11 is 0. The second-order valence-electron chi connectivity index (χ2n) is 6.21. The van der Waals surface area contributed by atoms with Crippen LogP contribution in [0.1, 0.15) is 36.9 Å². The van der Waals surface area contributed by atoms with Crippen molar-refractivity contribution in [2.45, 2.75) is 38.4 Å². The average molecular weight is 277 g/mol. The third-order valence-corrected chi connectivity index (χ3v) is 4.67. The predicted octanol–water partition coefficient (Wildman–Crippen LogP) is 2.13. The molecular formula is C16H24FN3. The SMILES string of the molecule is C[C@H](N)c1ccc(CN2CCN3CCCC3C2)c(F)c1. The molecule has 4 heteroatoms. The van der Waals surface area contributed by atoms with Gasteiger partial charge in [-0.15, -0.1) is 0 Å². The molecule has 110 valence electrons.